The molecule has 0 aromatic carbocycles. The van der Waals surface area contributed by atoms with Gasteiger partial charge in [0.25, 0.3) is 0 Å². The molecule has 1 saturated heterocycles. The van der Waals surface area contributed by atoms with Gasteiger partial charge in [-0.05, 0) is 62.9 Å². The lowest BCUT2D eigenvalue weighted by Gasteiger charge is -2.22. The van der Waals surface area contributed by atoms with E-state index in [1.165, 1.54) is 55.8 Å². The van der Waals surface area contributed by atoms with Crippen molar-refractivity contribution in [3.8, 4) is 0 Å². The molecule has 106 valence electrons. The van der Waals surface area contributed by atoms with Gasteiger partial charge in [0.15, 0.2) is 0 Å². The molecule has 2 atom stereocenters. The number of nitrogens with one attached hydrogen (secondary N) is 1. The van der Waals surface area contributed by atoms with Crippen LogP contribution in [0.3, 0.4) is 0 Å². The van der Waals surface area contributed by atoms with Crippen LogP contribution in [0.15, 0.2) is 6.07 Å². The third kappa shape index (κ3) is 3.33. The lowest BCUT2D eigenvalue weighted by Crippen LogP contribution is -2.32. The van der Waals surface area contributed by atoms with Crippen LogP contribution in [-0.2, 0) is 6.42 Å². The number of likely N-dealkylation sites (tertiary alicyclic amines) is 1. The maximum atomic E-state index is 6.10. The number of nitrogens with zero attached hydrogens (tertiary/aromatic N) is 1. The van der Waals surface area contributed by atoms with Gasteiger partial charge in [-0.1, -0.05) is 18.5 Å². The minimum Gasteiger partial charge on any atom is -0.310 e. The molecule has 0 bridgehead atoms. The zero-order valence-corrected chi connectivity index (χ0v) is 13.2. The molecule has 1 aliphatic carbocycles. The number of thiophene rings is 1. The quantitative estimate of drug-likeness (QED) is 0.891. The molecule has 1 fully saturated rings. The van der Waals surface area contributed by atoms with E-state index >= 15 is 0 Å². The predicted molar refractivity (Wildman–Crippen MR) is 83.2 cm³/mol. The van der Waals surface area contributed by atoms with Crippen molar-refractivity contribution in [3.63, 3.8) is 0 Å². The van der Waals surface area contributed by atoms with E-state index in [-0.39, 0.29) is 0 Å². The molecule has 4 heteroatoms. The highest BCUT2D eigenvalue weighted by Crippen LogP contribution is 2.39. The van der Waals surface area contributed by atoms with Gasteiger partial charge in [-0.15, -0.1) is 11.3 Å². The Labute approximate surface area is 125 Å². The zero-order chi connectivity index (χ0) is 13.2. The van der Waals surface area contributed by atoms with Crippen LogP contribution in [-0.4, -0.2) is 31.1 Å². The van der Waals surface area contributed by atoms with E-state index < -0.39 is 0 Å². The molecular formula is C15H23ClN2S. The largest absolute Gasteiger partial charge is 0.310 e. The summed E-state index contributed by atoms with van der Waals surface area (Å²) in [6.45, 7) is 7.34. The van der Waals surface area contributed by atoms with Crippen LogP contribution in [0.2, 0.25) is 4.34 Å². The van der Waals surface area contributed by atoms with Gasteiger partial charge in [-0.3, -0.25) is 0 Å². The molecule has 0 radical (unpaired) electrons. The Kier molecular flexibility index (Phi) is 4.47. The summed E-state index contributed by atoms with van der Waals surface area (Å²) in [7, 11) is 0. The number of rotatable bonds is 5. The molecule has 0 amide bonds. The Hall–Kier alpha value is -0.0900. The molecule has 2 heterocycles. The van der Waals surface area contributed by atoms with Crippen molar-refractivity contribution in [2.24, 2.45) is 5.92 Å². The van der Waals surface area contributed by atoms with Crippen molar-refractivity contribution in [2.45, 2.75) is 38.6 Å². The van der Waals surface area contributed by atoms with Gasteiger partial charge < -0.3 is 10.2 Å². The molecule has 1 aromatic heterocycles. The van der Waals surface area contributed by atoms with Gasteiger partial charge in [0.05, 0.1) is 4.34 Å². The average Bonchev–Trinajstić information content (AvgIpc) is 3.04. The van der Waals surface area contributed by atoms with Gasteiger partial charge >= 0.3 is 0 Å². The fourth-order valence-corrected chi connectivity index (χ4v) is 4.71. The standard InChI is InChI=1S/C15H23ClN2S/c1-11(10-18-6-2-3-7-18)9-17-13-4-5-14-12(13)8-15(16)19-14/h8,11,13,17H,2-7,9-10H2,1H3. The van der Waals surface area contributed by atoms with Crippen molar-refractivity contribution in [3.05, 3.63) is 20.8 Å². The van der Waals surface area contributed by atoms with Crippen LogP contribution < -0.4 is 5.32 Å². The molecule has 0 spiro atoms. The van der Waals surface area contributed by atoms with Crippen LogP contribution in [0.5, 0.6) is 0 Å². The first-order valence-electron chi connectivity index (χ1n) is 7.46. The van der Waals surface area contributed by atoms with E-state index in [0.717, 1.165) is 16.8 Å². The summed E-state index contributed by atoms with van der Waals surface area (Å²) in [6, 6.07) is 2.71. The van der Waals surface area contributed by atoms with E-state index in [0.29, 0.717) is 6.04 Å². The summed E-state index contributed by atoms with van der Waals surface area (Å²) in [5, 5.41) is 3.75. The van der Waals surface area contributed by atoms with E-state index in [1.54, 1.807) is 11.3 Å². The van der Waals surface area contributed by atoms with Crippen molar-refractivity contribution in [1.29, 1.82) is 0 Å². The lowest BCUT2D eigenvalue weighted by atomic mass is 10.1. The van der Waals surface area contributed by atoms with E-state index in [9.17, 15) is 0 Å². The monoisotopic (exact) mass is 298 g/mol. The predicted octanol–water partition coefficient (Wildman–Crippen LogP) is 3.71. The highest BCUT2D eigenvalue weighted by molar-refractivity contribution is 7.16. The topological polar surface area (TPSA) is 15.3 Å². The van der Waals surface area contributed by atoms with E-state index in [4.69, 9.17) is 11.6 Å². The van der Waals surface area contributed by atoms with Crippen LogP contribution >= 0.6 is 22.9 Å². The lowest BCUT2D eigenvalue weighted by molar-refractivity contribution is 0.277. The van der Waals surface area contributed by atoms with Gasteiger partial charge in [0, 0.05) is 17.5 Å². The molecule has 3 rings (SSSR count). The number of aryl methyl sites for hydroxylation is 1. The number of halogens is 1. The number of hydrogen-bond donors (Lipinski definition) is 1. The summed E-state index contributed by atoms with van der Waals surface area (Å²) in [4.78, 5) is 4.10. The fraction of sp³-hybridized carbons (Fsp3) is 0.733. The maximum absolute atomic E-state index is 6.10. The second-order valence-electron chi connectivity index (χ2n) is 6.04. The third-order valence-corrected chi connectivity index (χ3v) is 5.67. The summed E-state index contributed by atoms with van der Waals surface area (Å²) < 4.78 is 0.946. The summed E-state index contributed by atoms with van der Waals surface area (Å²) >= 11 is 7.86. The SMILES string of the molecule is CC(CNC1CCc2sc(Cl)cc21)CN1CCCC1. The van der Waals surface area contributed by atoms with Crippen LogP contribution in [0, 0.1) is 5.92 Å². The third-order valence-electron chi connectivity index (χ3n) is 4.33. The Balaban J connectivity index is 1.47. The molecular weight excluding hydrogens is 276 g/mol. The van der Waals surface area contributed by atoms with Crippen molar-refractivity contribution >= 4 is 22.9 Å². The van der Waals surface area contributed by atoms with Gasteiger partial charge in [-0.25, -0.2) is 0 Å². The summed E-state index contributed by atoms with van der Waals surface area (Å²) in [5.74, 6) is 0.733. The van der Waals surface area contributed by atoms with Crippen LogP contribution in [0.1, 0.15) is 42.7 Å². The van der Waals surface area contributed by atoms with E-state index in [1.807, 2.05) is 0 Å². The smallest absolute Gasteiger partial charge is 0.0934 e. The minimum absolute atomic E-state index is 0.541. The van der Waals surface area contributed by atoms with Gasteiger partial charge in [0.1, 0.15) is 0 Å². The first-order valence-corrected chi connectivity index (χ1v) is 8.65. The Morgan fingerprint density at radius 1 is 1.47 bits per heavy atom. The molecule has 2 aliphatic rings. The van der Waals surface area contributed by atoms with Gasteiger partial charge in [0.2, 0.25) is 0 Å². The van der Waals surface area contributed by atoms with Crippen LogP contribution in [0.4, 0.5) is 0 Å². The maximum Gasteiger partial charge on any atom is 0.0934 e. The summed E-state index contributed by atoms with van der Waals surface area (Å²) in [5.41, 5.74) is 1.46. The zero-order valence-electron chi connectivity index (χ0n) is 11.6. The van der Waals surface area contributed by atoms with E-state index in [2.05, 4.69) is 23.2 Å². The minimum atomic E-state index is 0.541. The molecule has 1 N–H and O–H groups in total. The van der Waals surface area contributed by atoms with Crippen molar-refractivity contribution in [1.82, 2.24) is 10.2 Å². The Morgan fingerprint density at radius 2 is 2.26 bits per heavy atom. The first kappa shape index (κ1) is 13.9. The second-order valence-corrected chi connectivity index (χ2v) is 7.81. The van der Waals surface area contributed by atoms with Gasteiger partial charge in [-0.2, -0.15) is 0 Å². The number of fused-ring (bicyclic) bond motifs is 1. The van der Waals surface area contributed by atoms with Crippen LogP contribution in [0.25, 0.3) is 0 Å². The summed E-state index contributed by atoms with van der Waals surface area (Å²) in [6.07, 6.45) is 5.22. The second kappa shape index (κ2) is 6.13. The molecule has 0 saturated carbocycles. The Bertz CT molecular complexity index is 426. The van der Waals surface area contributed by atoms with Crippen molar-refractivity contribution in [2.75, 3.05) is 26.2 Å². The average molecular weight is 299 g/mol. The fourth-order valence-electron chi connectivity index (χ4n) is 3.36. The number of hydrogen-bond acceptors (Lipinski definition) is 3. The molecule has 19 heavy (non-hydrogen) atoms. The highest BCUT2D eigenvalue weighted by Gasteiger charge is 2.25. The normalized spacial score (nSPS) is 24.8. The first-order chi connectivity index (χ1) is 9.22. The Morgan fingerprint density at radius 3 is 3.05 bits per heavy atom. The molecule has 1 aliphatic heterocycles. The highest BCUT2D eigenvalue weighted by atomic mass is 35.5. The van der Waals surface area contributed by atoms with Crippen molar-refractivity contribution < 1.29 is 0 Å². The molecule has 1 aromatic rings. The molecule has 2 nitrogen and oxygen atoms in total. The molecule has 2 unspecified atom stereocenters.